The van der Waals surface area contributed by atoms with Crippen LogP contribution in [0.5, 0.6) is 0 Å². The second kappa shape index (κ2) is 6.07. The van der Waals surface area contributed by atoms with Gasteiger partial charge in [-0.1, -0.05) is 6.07 Å². The maximum atomic E-state index is 5.79. The first-order valence-electron chi connectivity index (χ1n) is 6.94. The molecule has 0 N–H and O–H groups in total. The number of nitrogens with zero attached hydrogens (tertiary/aromatic N) is 3. The Morgan fingerprint density at radius 1 is 1.26 bits per heavy atom. The molecule has 4 nitrogen and oxygen atoms in total. The Labute approximate surface area is 119 Å². The Morgan fingerprint density at radius 2 is 2.11 bits per heavy atom. The highest BCUT2D eigenvalue weighted by molar-refractivity contribution is 6.17. The van der Waals surface area contributed by atoms with Crippen LogP contribution in [0.4, 0.5) is 5.82 Å². The van der Waals surface area contributed by atoms with Gasteiger partial charge in [0.2, 0.25) is 0 Å². The molecule has 1 atom stereocenters. The highest BCUT2D eigenvalue weighted by Gasteiger charge is 2.29. The molecule has 0 spiro atoms. The minimum Gasteiger partial charge on any atom is -0.379 e. The van der Waals surface area contributed by atoms with Gasteiger partial charge in [-0.2, -0.15) is 0 Å². The van der Waals surface area contributed by atoms with Crippen molar-refractivity contribution in [3.8, 4) is 0 Å². The minimum absolute atomic E-state index is 0.531. The first-order valence-corrected chi connectivity index (χ1v) is 7.48. The molecular weight excluding hydrogens is 262 g/mol. The highest BCUT2D eigenvalue weighted by atomic mass is 35.5. The number of aromatic nitrogens is 1. The van der Waals surface area contributed by atoms with Crippen molar-refractivity contribution in [1.29, 1.82) is 0 Å². The molecule has 2 aliphatic heterocycles. The SMILES string of the molecule is ClCc1ccc(N2CCC(N3CCOCC3)C2)nc1. The van der Waals surface area contributed by atoms with E-state index in [2.05, 4.69) is 26.9 Å². The van der Waals surface area contributed by atoms with Gasteiger partial charge in [0.15, 0.2) is 0 Å². The fraction of sp³-hybridized carbons (Fsp3) is 0.643. The molecule has 0 radical (unpaired) electrons. The monoisotopic (exact) mass is 281 g/mol. The van der Waals surface area contributed by atoms with Crippen molar-refractivity contribution in [3.63, 3.8) is 0 Å². The Balaban J connectivity index is 1.61. The molecule has 0 bridgehead atoms. The van der Waals surface area contributed by atoms with Gasteiger partial charge in [0.05, 0.1) is 13.2 Å². The minimum atomic E-state index is 0.531. The van der Waals surface area contributed by atoms with E-state index in [1.54, 1.807) is 0 Å². The summed E-state index contributed by atoms with van der Waals surface area (Å²) in [7, 11) is 0. The molecule has 5 heteroatoms. The van der Waals surface area contributed by atoms with E-state index in [1.807, 2.05) is 6.20 Å². The molecule has 104 valence electrons. The molecule has 2 aliphatic rings. The summed E-state index contributed by atoms with van der Waals surface area (Å²) in [5.74, 6) is 1.61. The Kier molecular flexibility index (Phi) is 4.21. The standard InChI is InChI=1S/C14H20ClN3O/c15-9-12-1-2-14(16-10-12)18-4-3-13(11-18)17-5-7-19-8-6-17/h1-2,10,13H,3-9,11H2. The van der Waals surface area contributed by atoms with Crippen LogP contribution in [0.2, 0.25) is 0 Å². The Bertz CT molecular complexity index is 406. The number of pyridine rings is 1. The van der Waals surface area contributed by atoms with Gasteiger partial charge in [-0.3, -0.25) is 4.90 Å². The van der Waals surface area contributed by atoms with Crippen LogP contribution in [0.1, 0.15) is 12.0 Å². The average Bonchev–Trinajstić information content (AvgIpc) is 2.98. The molecule has 1 unspecified atom stereocenters. The molecule has 2 fully saturated rings. The summed E-state index contributed by atoms with van der Waals surface area (Å²) in [6, 6.07) is 4.80. The van der Waals surface area contributed by atoms with Crippen LogP contribution in [-0.4, -0.2) is 55.3 Å². The van der Waals surface area contributed by atoms with Crippen LogP contribution in [0.15, 0.2) is 18.3 Å². The lowest BCUT2D eigenvalue weighted by Crippen LogP contribution is -2.44. The van der Waals surface area contributed by atoms with E-state index < -0.39 is 0 Å². The molecule has 1 aromatic rings. The summed E-state index contributed by atoms with van der Waals surface area (Å²) in [5.41, 5.74) is 1.08. The fourth-order valence-electron chi connectivity index (χ4n) is 2.87. The lowest BCUT2D eigenvalue weighted by atomic mass is 10.2. The lowest BCUT2D eigenvalue weighted by molar-refractivity contribution is 0.0209. The van der Waals surface area contributed by atoms with E-state index in [4.69, 9.17) is 16.3 Å². The number of morpholine rings is 1. The van der Waals surface area contributed by atoms with Crippen molar-refractivity contribution >= 4 is 17.4 Å². The van der Waals surface area contributed by atoms with Gasteiger partial charge in [0.1, 0.15) is 5.82 Å². The molecule has 2 saturated heterocycles. The second-order valence-corrected chi connectivity index (χ2v) is 5.46. The zero-order valence-electron chi connectivity index (χ0n) is 11.1. The van der Waals surface area contributed by atoms with Gasteiger partial charge >= 0.3 is 0 Å². The van der Waals surface area contributed by atoms with E-state index in [9.17, 15) is 0 Å². The van der Waals surface area contributed by atoms with Gasteiger partial charge in [0, 0.05) is 44.3 Å². The quantitative estimate of drug-likeness (QED) is 0.789. The van der Waals surface area contributed by atoms with Gasteiger partial charge < -0.3 is 9.64 Å². The van der Waals surface area contributed by atoms with Crippen molar-refractivity contribution in [2.45, 2.75) is 18.3 Å². The lowest BCUT2D eigenvalue weighted by Gasteiger charge is -2.32. The number of anilines is 1. The maximum Gasteiger partial charge on any atom is 0.128 e. The summed E-state index contributed by atoms with van der Waals surface area (Å²) in [4.78, 5) is 9.43. The molecule has 0 saturated carbocycles. The zero-order chi connectivity index (χ0) is 13.1. The van der Waals surface area contributed by atoms with Crippen LogP contribution in [0.3, 0.4) is 0 Å². The van der Waals surface area contributed by atoms with E-state index in [-0.39, 0.29) is 0 Å². The third-order valence-electron chi connectivity index (χ3n) is 4.01. The van der Waals surface area contributed by atoms with E-state index in [0.29, 0.717) is 11.9 Å². The molecule has 0 amide bonds. The van der Waals surface area contributed by atoms with Crippen LogP contribution in [-0.2, 0) is 10.6 Å². The van der Waals surface area contributed by atoms with Gasteiger partial charge in [-0.05, 0) is 18.1 Å². The third kappa shape index (κ3) is 3.02. The summed E-state index contributed by atoms with van der Waals surface area (Å²) < 4.78 is 5.42. The molecular formula is C14H20ClN3O. The van der Waals surface area contributed by atoms with Crippen molar-refractivity contribution < 1.29 is 4.74 Å². The van der Waals surface area contributed by atoms with Crippen molar-refractivity contribution in [2.24, 2.45) is 0 Å². The van der Waals surface area contributed by atoms with Crippen LogP contribution >= 0.6 is 11.6 Å². The Morgan fingerprint density at radius 3 is 2.79 bits per heavy atom. The molecule has 3 heterocycles. The first-order chi connectivity index (χ1) is 9.36. The van der Waals surface area contributed by atoms with E-state index in [0.717, 1.165) is 50.8 Å². The average molecular weight is 282 g/mol. The number of hydrogen-bond donors (Lipinski definition) is 0. The summed E-state index contributed by atoms with van der Waals surface area (Å²) >= 11 is 5.79. The smallest absolute Gasteiger partial charge is 0.128 e. The fourth-order valence-corrected chi connectivity index (χ4v) is 3.03. The van der Waals surface area contributed by atoms with Crippen LogP contribution < -0.4 is 4.90 Å². The molecule has 1 aromatic heterocycles. The van der Waals surface area contributed by atoms with Crippen molar-refractivity contribution in [3.05, 3.63) is 23.9 Å². The second-order valence-electron chi connectivity index (χ2n) is 5.20. The molecule has 0 aromatic carbocycles. The number of halogens is 1. The van der Waals surface area contributed by atoms with E-state index in [1.165, 1.54) is 6.42 Å². The van der Waals surface area contributed by atoms with E-state index >= 15 is 0 Å². The first kappa shape index (κ1) is 13.2. The van der Waals surface area contributed by atoms with Crippen LogP contribution in [0.25, 0.3) is 0 Å². The molecule has 19 heavy (non-hydrogen) atoms. The molecule has 3 rings (SSSR count). The summed E-state index contributed by atoms with van der Waals surface area (Å²) in [6.45, 7) is 6.05. The highest BCUT2D eigenvalue weighted by Crippen LogP contribution is 2.22. The summed E-state index contributed by atoms with van der Waals surface area (Å²) in [6.07, 6.45) is 3.10. The van der Waals surface area contributed by atoms with Crippen molar-refractivity contribution in [1.82, 2.24) is 9.88 Å². The van der Waals surface area contributed by atoms with Gasteiger partial charge in [-0.25, -0.2) is 4.98 Å². The largest absolute Gasteiger partial charge is 0.379 e. The normalized spacial score (nSPS) is 24.9. The third-order valence-corrected chi connectivity index (χ3v) is 4.32. The summed E-state index contributed by atoms with van der Waals surface area (Å²) in [5, 5.41) is 0. The topological polar surface area (TPSA) is 28.6 Å². The molecule has 0 aliphatic carbocycles. The van der Waals surface area contributed by atoms with Crippen molar-refractivity contribution in [2.75, 3.05) is 44.3 Å². The van der Waals surface area contributed by atoms with Gasteiger partial charge in [-0.15, -0.1) is 11.6 Å². The van der Waals surface area contributed by atoms with Crippen LogP contribution in [0, 0.1) is 0 Å². The predicted molar refractivity (Wildman–Crippen MR) is 76.8 cm³/mol. The number of rotatable bonds is 3. The van der Waals surface area contributed by atoms with Gasteiger partial charge in [0.25, 0.3) is 0 Å². The number of ether oxygens (including phenoxy) is 1. The predicted octanol–water partition coefficient (Wildman–Crippen LogP) is 1.73. The maximum absolute atomic E-state index is 5.79. The Hall–Kier alpha value is -0.840. The number of hydrogen-bond acceptors (Lipinski definition) is 4. The number of alkyl halides is 1. The zero-order valence-corrected chi connectivity index (χ0v) is 11.9.